The van der Waals surface area contributed by atoms with E-state index in [9.17, 15) is 13.2 Å². The Bertz CT molecular complexity index is 868. The minimum Gasteiger partial charge on any atom is -0.325 e. The minimum atomic E-state index is -3.54. The van der Waals surface area contributed by atoms with Gasteiger partial charge in [-0.2, -0.15) is 0 Å². The Hall–Kier alpha value is -1.93. The second-order valence-corrected chi connectivity index (χ2v) is 8.75. The number of anilines is 1. The summed E-state index contributed by atoms with van der Waals surface area (Å²) in [6, 6.07) is 13.6. The number of nitrogens with zero attached hydrogens (tertiary/aromatic N) is 2. The first-order valence-corrected chi connectivity index (χ1v) is 9.76. The third kappa shape index (κ3) is 5.54. The fraction of sp³-hybridized carbons (Fsp3) is 0.278. The predicted octanol–water partition coefficient (Wildman–Crippen LogP) is 2.66. The molecule has 0 saturated heterocycles. The molecule has 8 heteroatoms. The molecule has 0 bridgehead atoms. The van der Waals surface area contributed by atoms with Crippen LogP contribution in [0.3, 0.4) is 0 Å². The lowest BCUT2D eigenvalue weighted by molar-refractivity contribution is -0.117. The monoisotopic (exact) mass is 395 g/mol. The van der Waals surface area contributed by atoms with E-state index in [2.05, 4.69) is 5.32 Å². The summed E-state index contributed by atoms with van der Waals surface area (Å²) in [5.41, 5.74) is 1.49. The largest absolute Gasteiger partial charge is 0.325 e. The molecule has 0 aromatic heterocycles. The number of amides is 1. The number of carbonyl (C=O) groups excluding carboxylic acids is 1. The highest BCUT2D eigenvalue weighted by Gasteiger charge is 2.17. The molecule has 2 aromatic carbocycles. The molecule has 26 heavy (non-hydrogen) atoms. The van der Waals surface area contributed by atoms with Gasteiger partial charge in [0.25, 0.3) is 0 Å². The molecule has 6 nitrogen and oxygen atoms in total. The first kappa shape index (κ1) is 20.4. The smallest absolute Gasteiger partial charge is 0.242 e. The van der Waals surface area contributed by atoms with Crippen molar-refractivity contribution in [1.29, 1.82) is 0 Å². The van der Waals surface area contributed by atoms with E-state index < -0.39 is 10.0 Å². The molecule has 2 rings (SSSR count). The van der Waals surface area contributed by atoms with Crippen LogP contribution in [0.4, 0.5) is 5.69 Å². The van der Waals surface area contributed by atoms with Gasteiger partial charge < -0.3 is 5.32 Å². The number of hydrogen-bond acceptors (Lipinski definition) is 4. The van der Waals surface area contributed by atoms with Gasteiger partial charge in [-0.05, 0) is 42.9 Å². The lowest BCUT2D eigenvalue weighted by Crippen LogP contribution is -2.30. The summed E-state index contributed by atoms with van der Waals surface area (Å²) in [6.07, 6.45) is 0. The molecule has 0 radical (unpaired) electrons. The molecular formula is C18H22ClN3O3S. The topological polar surface area (TPSA) is 69.7 Å². The van der Waals surface area contributed by atoms with Crippen LogP contribution in [0.15, 0.2) is 53.4 Å². The van der Waals surface area contributed by atoms with Crippen molar-refractivity contribution in [2.75, 3.05) is 33.0 Å². The van der Waals surface area contributed by atoms with Gasteiger partial charge in [0.15, 0.2) is 0 Å². The predicted molar refractivity (Wildman–Crippen MR) is 104 cm³/mol. The first-order chi connectivity index (χ1) is 12.2. The van der Waals surface area contributed by atoms with Gasteiger partial charge in [0.05, 0.1) is 11.4 Å². The Morgan fingerprint density at radius 1 is 1.08 bits per heavy atom. The van der Waals surface area contributed by atoms with Crippen LogP contribution in [0, 0.1) is 0 Å². The summed E-state index contributed by atoms with van der Waals surface area (Å²) in [7, 11) is 1.22. The zero-order chi connectivity index (χ0) is 19.3. The molecule has 2 aromatic rings. The summed E-state index contributed by atoms with van der Waals surface area (Å²) in [5.74, 6) is -0.221. The molecule has 140 valence electrons. The van der Waals surface area contributed by atoms with Gasteiger partial charge in [-0.25, -0.2) is 12.7 Å². The Labute approximate surface area is 159 Å². The van der Waals surface area contributed by atoms with Crippen molar-refractivity contribution in [2.24, 2.45) is 0 Å². The highest BCUT2D eigenvalue weighted by atomic mass is 35.5. The zero-order valence-electron chi connectivity index (χ0n) is 14.9. The lowest BCUT2D eigenvalue weighted by Gasteiger charge is -2.17. The Kier molecular flexibility index (Phi) is 6.77. The van der Waals surface area contributed by atoms with E-state index in [0.29, 0.717) is 17.3 Å². The van der Waals surface area contributed by atoms with E-state index in [1.54, 1.807) is 12.1 Å². The van der Waals surface area contributed by atoms with Crippen LogP contribution in [-0.4, -0.2) is 51.2 Å². The molecule has 1 N–H and O–H groups in total. The number of halogens is 1. The number of likely N-dealkylation sites (N-methyl/N-ethyl adjacent to an activating group) is 1. The van der Waals surface area contributed by atoms with Crippen molar-refractivity contribution in [3.8, 4) is 0 Å². The number of carbonyl (C=O) groups is 1. The fourth-order valence-corrected chi connectivity index (χ4v) is 3.42. The molecule has 0 unspecified atom stereocenters. The number of nitrogens with one attached hydrogen (secondary N) is 1. The van der Waals surface area contributed by atoms with Crippen LogP contribution >= 0.6 is 11.6 Å². The van der Waals surface area contributed by atoms with Crippen LogP contribution in [0.5, 0.6) is 0 Å². The van der Waals surface area contributed by atoms with E-state index in [-0.39, 0.29) is 17.3 Å². The maximum Gasteiger partial charge on any atom is 0.242 e. The molecular weight excluding hydrogens is 374 g/mol. The zero-order valence-corrected chi connectivity index (χ0v) is 16.5. The van der Waals surface area contributed by atoms with Gasteiger partial charge in [0.1, 0.15) is 0 Å². The molecule has 1 amide bonds. The first-order valence-electron chi connectivity index (χ1n) is 7.94. The van der Waals surface area contributed by atoms with Crippen molar-refractivity contribution < 1.29 is 13.2 Å². The van der Waals surface area contributed by atoms with E-state index in [1.807, 2.05) is 36.2 Å². The van der Waals surface area contributed by atoms with Gasteiger partial charge >= 0.3 is 0 Å². The third-order valence-corrected chi connectivity index (χ3v) is 5.74. The van der Waals surface area contributed by atoms with Gasteiger partial charge in [0, 0.05) is 31.4 Å². The van der Waals surface area contributed by atoms with E-state index in [4.69, 9.17) is 11.6 Å². The summed E-state index contributed by atoms with van der Waals surface area (Å²) < 4.78 is 25.5. The van der Waals surface area contributed by atoms with Crippen LogP contribution < -0.4 is 5.32 Å². The summed E-state index contributed by atoms with van der Waals surface area (Å²) in [5, 5.41) is 3.40. The molecule has 0 heterocycles. The molecule has 0 atom stereocenters. The Morgan fingerprint density at radius 3 is 2.35 bits per heavy atom. The van der Waals surface area contributed by atoms with Crippen molar-refractivity contribution in [3.63, 3.8) is 0 Å². The van der Waals surface area contributed by atoms with Gasteiger partial charge in [-0.3, -0.25) is 9.69 Å². The normalized spacial score (nSPS) is 11.8. The molecule has 0 spiro atoms. The maximum atomic E-state index is 12.2. The third-order valence-electron chi connectivity index (χ3n) is 3.68. The Balaban J connectivity index is 1.98. The highest BCUT2D eigenvalue weighted by Crippen LogP contribution is 2.18. The summed E-state index contributed by atoms with van der Waals surface area (Å²) in [4.78, 5) is 14.2. The van der Waals surface area contributed by atoms with Gasteiger partial charge in [-0.1, -0.05) is 29.8 Å². The number of sulfonamides is 1. The average Bonchev–Trinajstić information content (AvgIpc) is 2.56. The minimum absolute atomic E-state index is 0.134. The van der Waals surface area contributed by atoms with Crippen molar-refractivity contribution >= 4 is 33.2 Å². The van der Waals surface area contributed by atoms with Crippen molar-refractivity contribution in [3.05, 3.63) is 59.1 Å². The summed E-state index contributed by atoms with van der Waals surface area (Å²) >= 11 is 5.86. The van der Waals surface area contributed by atoms with Crippen LogP contribution in [0.25, 0.3) is 0 Å². The Morgan fingerprint density at radius 2 is 1.73 bits per heavy atom. The van der Waals surface area contributed by atoms with Crippen LogP contribution in [0.1, 0.15) is 5.56 Å². The number of benzene rings is 2. The van der Waals surface area contributed by atoms with E-state index in [1.165, 1.54) is 26.2 Å². The maximum absolute atomic E-state index is 12.2. The van der Waals surface area contributed by atoms with Crippen molar-refractivity contribution in [1.82, 2.24) is 9.21 Å². The van der Waals surface area contributed by atoms with E-state index >= 15 is 0 Å². The number of hydrogen-bond donors (Lipinski definition) is 1. The highest BCUT2D eigenvalue weighted by molar-refractivity contribution is 7.89. The van der Waals surface area contributed by atoms with E-state index in [0.717, 1.165) is 9.87 Å². The average molecular weight is 396 g/mol. The molecule has 0 aliphatic heterocycles. The number of rotatable bonds is 7. The molecule has 0 aliphatic carbocycles. The van der Waals surface area contributed by atoms with Crippen LogP contribution in [-0.2, 0) is 21.4 Å². The van der Waals surface area contributed by atoms with Gasteiger partial charge in [-0.15, -0.1) is 0 Å². The molecule has 0 saturated carbocycles. The quantitative estimate of drug-likeness (QED) is 0.782. The fourth-order valence-electron chi connectivity index (χ4n) is 2.35. The summed E-state index contributed by atoms with van der Waals surface area (Å²) in [6.45, 7) is 0.771. The molecule has 0 aliphatic rings. The van der Waals surface area contributed by atoms with Gasteiger partial charge in [0.2, 0.25) is 15.9 Å². The standard InChI is InChI=1S/C18H22ClN3O3S/c1-21(2)26(24,25)17-6-4-5-16(11-17)20-18(23)13-22(3)12-14-7-9-15(19)10-8-14/h4-11H,12-13H2,1-3H3,(H,20,23). The second kappa shape index (κ2) is 8.64. The SMILES string of the molecule is CN(CC(=O)Nc1cccc(S(=O)(=O)N(C)C)c1)Cc1ccc(Cl)cc1. The van der Waals surface area contributed by atoms with Crippen molar-refractivity contribution in [2.45, 2.75) is 11.4 Å². The lowest BCUT2D eigenvalue weighted by atomic mass is 10.2. The van der Waals surface area contributed by atoms with Crippen LogP contribution in [0.2, 0.25) is 5.02 Å². The molecule has 0 fully saturated rings. The second-order valence-electron chi connectivity index (χ2n) is 6.16.